The van der Waals surface area contributed by atoms with E-state index >= 15 is 0 Å². The van der Waals surface area contributed by atoms with Crippen LogP contribution in [0.15, 0.2) is 58.1 Å². The van der Waals surface area contributed by atoms with E-state index in [0.29, 0.717) is 23.7 Å². The molecular weight excluding hydrogens is 461 g/mol. The van der Waals surface area contributed by atoms with Gasteiger partial charge in [-0.15, -0.1) is 0 Å². The summed E-state index contributed by atoms with van der Waals surface area (Å²) in [6.45, 7) is 0.661. The molecule has 1 amide bonds. The van der Waals surface area contributed by atoms with Crippen LogP contribution >= 0.6 is 11.6 Å². The summed E-state index contributed by atoms with van der Waals surface area (Å²) in [5.41, 5.74) is -2.74. The summed E-state index contributed by atoms with van der Waals surface area (Å²) < 4.78 is 40.4. The van der Waals surface area contributed by atoms with Crippen molar-refractivity contribution in [1.29, 1.82) is 0 Å². The van der Waals surface area contributed by atoms with Gasteiger partial charge in [0.1, 0.15) is 0 Å². The molecule has 1 aliphatic heterocycles. The second-order valence-electron chi connectivity index (χ2n) is 7.57. The lowest BCUT2D eigenvalue weighted by Gasteiger charge is -2.17. The number of rotatable bonds is 4. The Labute approximate surface area is 190 Å². The van der Waals surface area contributed by atoms with E-state index in [0.717, 1.165) is 46.4 Å². The van der Waals surface area contributed by atoms with Crippen molar-refractivity contribution in [2.45, 2.75) is 25.6 Å². The van der Waals surface area contributed by atoms with Gasteiger partial charge < -0.3 is 4.90 Å². The standard InChI is InChI=1S/C22H18ClF3N4O3/c23-17-6-2-1-5-14(17)13-29-20(32)18(19(31)28-11-3-4-12-28)27-30(21(29)33)16-9-7-15(8-10-16)22(24,25)26/h1-2,5-10H,3-4,11-13H2. The number of carbonyl (C=O) groups excluding carboxylic acids is 1. The van der Waals surface area contributed by atoms with Gasteiger partial charge in [-0.2, -0.15) is 23.0 Å². The maximum absolute atomic E-state index is 13.2. The highest BCUT2D eigenvalue weighted by atomic mass is 35.5. The lowest BCUT2D eigenvalue weighted by Crippen LogP contribution is -2.46. The van der Waals surface area contributed by atoms with Gasteiger partial charge in [0.2, 0.25) is 5.69 Å². The van der Waals surface area contributed by atoms with Gasteiger partial charge in [-0.05, 0) is 48.7 Å². The molecule has 33 heavy (non-hydrogen) atoms. The molecule has 0 bridgehead atoms. The number of carbonyl (C=O) groups is 1. The first-order valence-corrected chi connectivity index (χ1v) is 10.5. The van der Waals surface area contributed by atoms with Crippen molar-refractivity contribution in [2.75, 3.05) is 13.1 Å². The Balaban J connectivity index is 1.88. The maximum Gasteiger partial charge on any atom is 0.416 e. The highest BCUT2D eigenvalue weighted by molar-refractivity contribution is 6.31. The van der Waals surface area contributed by atoms with Crippen molar-refractivity contribution in [2.24, 2.45) is 0 Å². The van der Waals surface area contributed by atoms with Gasteiger partial charge in [0.15, 0.2) is 0 Å². The minimum atomic E-state index is -4.56. The third-order valence-electron chi connectivity index (χ3n) is 5.38. The van der Waals surface area contributed by atoms with Crippen LogP contribution < -0.4 is 11.2 Å². The number of hydrogen-bond donors (Lipinski definition) is 0. The second-order valence-corrected chi connectivity index (χ2v) is 7.98. The molecule has 1 fully saturated rings. The highest BCUT2D eigenvalue weighted by Crippen LogP contribution is 2.29. The van der Waals surface area contributed by atoms with E-state index in [2.05, 4.69) is 5.10 Å². The number of amides is 1. The van der Waals surface area contributed by atoms with Crippen molar-refractivity contribution >= 4 is 17.5 Å². The Morgan fingerprint density at radius 2 is 1.64 bits per heavy atom. The largest absolute Gasteiger partial charge is 0.416 e. The molecular formula is C22H18ClF3N4O3. The summed E-state index contributed by atoms with van der Waals surface area (Å²) >= 11 is 6.18. The number of alkyl halides is 3. The normalized spacial score (nSPS) is 14.0. The van der Waals surface area contributed by atoms with E-state index in [1.807, 2.05) is 0 Å². The molecule has 1 aromatic heterocycles. The topological polar surface area (TPSA) is 77.2 Å². The highest BCUT2D eigenvalue weighted by Gasteiger charge is 2.31. The average Bonchev–Trinajstić information content (AvgIpc) is 3.32. The predicted octanol–water partition coefficient (Wildman–Crippen LogP) is 3.35. The second kappa shape index (κ2) is 8.86. The predicted molar refractivity (Wildman–Crippen MR) is 115 cm³/mol. The minimum absolute atomic E-state index is 0.0172. The molecule has 3 aromatic rings. The van der Waals surface area contributed by atoms with Gasteiger partial charge in [0.25, 0.3) is 11.5 Å². The number of aromatic nitrogens is 3. The van der Waals surface area contributed by atoms with Crippen molar-refractivity contribution < 1.29 is 18.0 Å². The Kier molecular flexibility index (Phi) is 6.11. The zero-order chi connectivity index (χ0) is 23.8. The van der Waals surface area contributed by atoms with Crippen LogP contribution in [0.3, 0.4) is 0 Å². The van der Waals surface area contributed by atoms with Crippen LogP contribution in [0, 0.1) is 0 Å². The molecule has 1 saturated heterocycles. The molecule has 0 N–H and O–H groups in total. The summed E-state index contributed by atoms with van der Waals surface area (Å²) in [5.74, 6) is -0.633. The van der Waals surface area contributed by atoms with Crippen LogP contribution in [0.4, 0.5) is 13.2 Å². The number of nitrogens with zero attached hydrogens (tertiary/aromatic N) is 4. The minimum Gasteiger partial charge on any atom is -0.337 e. The zero-order valence-electron chi connectivity index (χ0n) is 17.2. The number of likely N-dealkylation sites (tertiary alicyclic amines) is 1. The van der Waals surface area contributed by atoms with Crippen LogP contribution in [0.1, 0.15) is 34.5 Å². The summed E-state index contributed by atoms with van der Waals surface area (Å²) in [6, 6.07) is 10.3. The van der Waals surface area contributed by atoms with Crippen LogP contribution in [-0.4, -0.2) is 38.2 Å². The number of hydrogen-bond acceptors (Lipinski definition) is 4. The lowest BCUT2D eigenvalue weighted by atomic mass is 10.2. The quantitative estimate of drug-likeness (QED) is 0.576. The molecule has 172 valence electrons. The Bertz CT molecular complexity index is 1310. The first-order valence-electron chi connectivity index (χ1n) is 10.1. The first-order chi connectivity index (χ1) is 15.7. The molecule has 0 spiro atoms. The van der Waals surface area contributed by atoms with Gasteiger partial charge in [-0.1, -0.05) is 29.8 Å². The van der Waals surface area contributed by atoms with E-state index in [4.69, 9.17) is 11.6 Å². The Hall–Kier alpha value is -3.40. The third-order valence-corrected chi connectivity index (χ3v) is 5.75. The number of halogens is 4. The number of benzene rings is 2. The summed E-state index contributed by atoms with van der Waals surface area (Å²) in [5, 5.41) is 4.28. The summed E-state index contributed by atoms with van der Waals surface area (Å²) in [7, 11) is 0. The molecule has 0 saturated carbocycles. The lowest BCUT2D eigenvalue weighted by molar-refractivity contribution is -0.137. The van der Waals surface area contributed by atoms with Gasteiger partial charge in [0, 0.05) is 18.1 Å². The Morgan fingerprint density at radius 1 is 1.00 bits per heavy atom. The Morgan fingerprint density at radius 3 is 2.24 bits per heavy atom. The summed E-state index contributed by atoms with van der Waals surface area (Å²) in [6.07, 6.45) is -3.01. The molecule has 1 aliphatic rings. The molecule has 7 nitrogen and oxygen atoms in total. The fraction of sp³-hybridized carbons (Fsp3) is 0.273. The van der Waals surface area contributed by atoms with Crippen molar-refractivity contribution in [3.8, 4) is 5.69 Å². The molecule has 11 heteroatoms. The van der Waals surface area contributed by atoms with Crippen molar-refractivity contribution in [3.63, 3.8) is 0 Å². The van der Waals surface area contributed by atoms with Gasteiger partial charge >= 0.3 is 11.9 Å². The fourth-order valence-corrected chi connectivity index (χ4v) is 3.81. The van der Waals surface area contributed by atoms with Gasteiger partial charge in [-0.25, -0.2) is 4.79 Å². The average molecular weight is 479 g/mol. The van der Waals surface area contributed by atoms with E-state index in [9.17, 15) is 27.6 Å². The van der Waals surface area contributed by atoms with Crippen LogP contribution in [0.2, 0.25) is 5.02 Å². The van der Waals surface area contributed by atoms with Gasteiger partial charge in [-0.3, -0.25) is 14.2 Å². The molecule has 0 radical (unpaired) electrons. The molecule has 0 unspecified atom stereocenters. The smallest absolute Gasteiger partial charge is 0.337 e. The van der Waals surface area contributed by atoms with Crippen molar-refractivity contribution in [1.82, 2.24) is 19.2 Å². The van der Waals surface area contributed by atoms with Crippen molar-refractivity contribution in [3.05, 3.63) is 91.2 Å². The monoisotopic (exact) mass is 478 g/mol. The van der Waals surface area contributed by atoms with E-state index in [-0.39, 0.29) is 12.2 Å². The zero-order valence-corrected chi connectivity index (χ0v) is 17.9. The van der Waals surface area contributed by atoms with E-state index in [1.165, 1.54) is 4.90 Å². The molecule has 0 atom stereocenters. The molecule has 2 heterocycles. The van der Waals surface area contributed by atoms with Crippen LogP contribution in [0.5, 0.6) is 0 Å². The molecule has 0 aliphatic carbocycles. The van der Waals surface area contributed by atoms with E-state index < -0.39 is 34.6 Å². The maximum atomic E-state index is 13.2. The van der Waals surface area contributed by atoms with Crippen LogP contribution in [0.25, 0.3) is 5.69 Å². The molecule has 4 rings (SSSR count). The van der Waals surface area contributed by atoms with Gasteiger partial charge in [0.05, 0.1) is 17.8 Å². The first kappa shape index (κ1) is 22.8. The third kappa shape index (κ3) is 4.56. The fourth-order valence-electron chi connectivity index (χ4n) is 3.62. The SMILES string of the molecule is O=C(c1nn(-c2ccc(C(F)(F)F)cc2)c(=O)n(Cc2ccccc2Cl)c1=O)N1CCCC1. The summed E-state index contributed by atoms with van der Waals surface area (Å²) in [4.78, 5) is 40.7. The van der Waals surface area contributed by atoms with Crippen LogP contribution in [-0.2, 0) is 12.7 Å². The molecule has 2 aromatic carbocycles. The van der Waals surface area contributed by atoms with E-state index in [1.54, 1.807) is 24.3 Å².